The summed E-state index contributed by atoms with van der Waals surface area (Å²) in [6.45, 7) is 14.6. The van der Waals surface area contributed by atoms with Crippen molar-refractivity contribution in [2.75, 3.05) is 0 Å². The summed E-state index contributed by atoms with van der Waals surface area (Å²) in [6.07, 6.45) is 16.7. The van der Waals surface area contributed by atoms with Gasteiger partial charge in [0.05, 0.1) is 45.6 Å². The molecule has 0 spiro atoms. The van der Waals surface area contributed by atoms with Crippen LogP contribution in [0.15, 0.2) is 122 Å². The maximum absolute atomic E-state index is 4.82. The van der Waals surface area contributed by atoms with Gasteiger partial charge >= 0.3 is 0 Å². The van der Waals surface area contributed by atoms with Crippen molar-refractivity contribution in [3.63, 3.8) is 0 Å². The molecule has 4 aromatic rings. The van der Waals surface area contributed by atoms with Crippen molar-refractivity contribution in [1.82, 2.24) is 59.1 Å². The first kappa shape index (κ1) is 37.7. The van der Waals surface area contributed by atoms with Crippen LogP contribution in [0.1, 0.15) is 45.6 Å². The van der Waals surface area contributed by atoms with Crippen molar-refractivity contribution in [2.45, 2.75) is 52.4 Å². The van der Waals surface area contributed by atoms with Gasteiger partial charge in [0.25, 0.3) is 0 Å². The third-order valence-electron chi connectivity index (χ3n) is 9.20. The molecule has 0 saturated heterocycles. The Hall–Kier alpha value is -4.56. The van der Waals surface area contributed by atoms with Gasteiger partial charge in [0.2, 0.25) is 0 Å². The molecule has 10 rings (SSSR count). The zero-order valence-corrected chi connectivity index (χ0v) is 32.4. The molecule has 16 bridgehead atoms. The fourth-order valence-corrected chi connectivity index (χ4v) is 6.82. The molecule has 6 aliphatic heterocycles. The molecule has 0 N–H and O–H groups in total. The monoisotopic (exact) mass is 902 g/mol. The summed E-state index contributed by atoms with van der Waals surface area (Å²) < 4.78 is 0. The Morgan fingerprint density at radius 2 is 0.426 bits per heavy atom. The van der Waals surface area contributed by atoms with Crippen molar-refractivity contribution < 1.29 is 44.8 Å². The van der Waals surface area contributed by atoms with Crippen molar-refractivity contribution in [2.24, 2.45) is 0 Å². The Balaban J connectivity index is 0.000000161. The van der Waals surface area contributed by atoms with Gasteiger partial charge in [-0.25, -0.2) is 0 Å². The zero-order chi connectivity index (χ0) is 34.7. The Morgan fingerprint density at radius 1 is 0.278 bits per heavy atom. The SMILES string of the molecule is C1=CN2[CH-]N1Cc1cccc(n1)CN1C=CN([CH-]1)Cc1cccc(n1)C2.C1=CN2[CH-]N1Cc1cccc(n1)CN1C=CN([CH-]1)Cc1cccc(n1)C2.[Ag].[Ag]. The van der Waals surface area contributed by atoms with Crippen molar-refractivity contribution >= 4 is 0 Å². The molecule has 14 heteroatoms. The molecule has 286 valence electrons. The van der Waals surface area contributed by atoms with Gasteiger partial charge in [-0.15, -0.1) is 0 Å². The van der Waals surface area contributed by atoms with E-state index in [4.69, 9.17) is 19.9 Å². The second-order valence-corrected chi connectivity index (χ2v) is 13.5. The minimum absolute atomic E-state index is 0. The van der Waals surface area contributed by atoms with Gasteiger partial charge < -0.3 is 39.2 Å². The Labute approximate surface area is 348 Å². The smallest absolute Gasteiger partial charge is 0.0576 e. The molecule has 12 nitrogen and oxygen atoms in total. The summed E-state index contributed by atoms with van der Waals surface area (Å²) in [5.41, 5.74) is 8.54. The molecule has 2 radical (unpaired) electrons. The van der Waals surface area contributed by atoms with Crippen LogP contribution in [0.2, 0.25) is 0 Å². The van der Waals surface area contributed by atoms with E-state index < -0.39 is 0 Å². The number of hydrogen-bond acceptors (Lipinski definition) is 12. The van der Waals surface area contributed by atoms with Crippen molar-refractivity contribution in [3.8, 4) is 0 Å². The molecule has 10 heterocycles. The minimum Gasteiger partial charge on any atom is -0.503 e. The van der Waals surface area contributed by atoms with Crippen LogP contribution in [0, 0.1) is 26.7 Å². The summed E-state index contributed by atoms with van der Waals surface area (Å²) in [6, 6.07) is 25.0. The number of pyridine rings is 4. The molecule has 0 amide bonds. The standard InChI is InChI=1S/2C20H20N6.2Ag/c2*1-3-17-11-23-7-9-25(15-23)13-19-5-2-6-20(22-19)14-26-10-8-24(16-26)12-18(4-1)21-17;;/h2*1-10,15-16H,11-14H2;;/q2*-2;;. The minimum atomic E-state index is 0. The molecule has 0 fully saturated rings. The third kappa shape index (κ3) is 9.56. The van der Waals surface area contributed by atoms with Crippen LogP contribution in [-0.4, -0.2) is 59.1 Å². The average Bonchev–Trinajstić information content (AvgIpc) is 3.96. The first-order valence-corrected chi connectivity index (χ1v) is 17.6. The van der Waals surface area contributed by atoms with Gasteiger partial charge in [-0.3, -0.25) is 19.9 Å². The van der Waals surface area contributed by atoms with Crippen LogP contribution in [0.5, 0.6) is 0 Å². The second kappa shape index (κ2) is 17.3. The molecule has 0 atom stereocenters. The second-order valence-electron chi connectivity index (χ2n) is 13.5. The summed E-state index contributed by atoms with van der Waals surface area (Å²) in [4.78, 5) is 36.5. The Bertz CT molecular complexity index is 1620. The zero-order valence-electron chi connectivity index (χ0n) is 29.5. The number of rotatable bonds is 0. The maximum atomic E-state index is 4.82. The summed E-state index contributed by atoms with van der Waals surface area (Å²) >= 11 is 0. The van der Waals surface area contributed by atoms with E-state index in [1.165, 1.54) is 0 Å². The fourth-order valence-electron chi connectivity index (χ4n) is 6.82. The number of fused-ring (bicyclic) bond motifs is 16. The molecule has 6 aliphatic rings. The molecule has 0 aliphatic carbocycles. The van der Waals surface area contributed by atoms with E-state index in [0.717, 1.165) is 97.9 Å². The van der Waals surface area contributed by atoms with E-state index in [2.05, 4.69) is 188 Å². The van der Waals surface area contributed by atoms with Crippen LogP contribution < -0.4 is 0 Å². The molecule has 0 aromatic carbocycles. The van der Waals surface area contributed by atoms with E-state index in [9.17, 15) is 0 Å². The van der Waals surface area contributed by atoms with Gasteiger partial charge in [0.1, 0.15) is 0 Å². The first-order chi connectivity index (χ1) is 25.6. The average molecular weight is 905 g/mol. The molecular formula is C40H40Ag2N12-4. The van der Waals surface area contributed by atoms with Gasteiger partial charge in [-0.05, 0) is 98.1 Å². The molecular weight excluding hydrogens is 864 g/mol. The van der Waals surface area contributed by atoms with Gasteiger partial charge in [-0.1, -0.05) is 24.3 Å². The summed E-state index contributed by atoms with van der Waals surface area (Å²) in [5.74, 6) is 0. The molecule has 0 saturated carbocycles. The van der Waals surface area contributed by atoms with Crippen LogP contribution in [0.25, 0.3) is 0 Å². The molecule has 4 aromatic heterocycles. The van der Waals surface area contributed by atoms with Crippen LogP contribution in [-0.2, 0) is 97.1 Å². The third-order valence-corrected chi connectivity index (χ3v) is 9.20. The Kier molecular flexibility index (Phi) is 12.1. The summed E-state index contributed by atoms with van der Waals surface area (Å²) in [7, 11) is 0. The first-order valence-electron chi connectivity index (χ1n) is 17.6. The van der Waals surface area contributed by atoms with E-state index in [0.29, 0.717) is 0 Å². The predicted octanol–water partition coefficient (Wildman–Crippen LogP) is 5.21. The normalized spacial score (nSPS) is 18.1. The predicted molar refractivity (Wildman–Crippen MR) is 195 cm³/mol. The van der Waals surface area contributed by atoms with E-state index in [1.807, 2.05) is 0 Å². The van der Waals surface area contributed by atoms with Gasteiger partial charge in [0.15, 0.2) is 0 Å². The molecule has 54 heavy (non-hydrogen) atoms. The van der Waals surface area contributed by atoms with Crippen molar-refractivity contribution in [1.29, 1.82) is 0 Å². The van der Waals surface area contributed by atoms with Crippen LogP contribution in [0.3, 0.4) is 0 Å². The quantitative estimate of drug-likeness (QED) is 0.172. The van der Waals surface area contributed by atoms with E-state index >= 15 is 0 Å². The van der Waals surface area contributed by atoms with Gasteiger partial charge in [-0.2, -0.15) is 26.7 Å². The number of hydrogen-bond donors (Lipinski definition) is 0. The van der Waals surface area contributed by atoms with Crippen molar-refractivity contribution in [3.05, 3.63) is 195 Å². The van der Waals surface area contributed by atoms with E-state index in [1.54, 1.807) is 0 Å². The van der Waals surface area contributed by atoms with E-state index in [-0.39, 0.29) is 44.8 Å². The summed E-state index contributed by atoms with van der Waals surface area (Å²) in [5, 5.41) is 0. The maximum Gasteiger partial charge on any atom is 0.0576 e. The van der Waals surface area contributed by atoms with Gasteiger partial charge in [0, 0.05) is 97.1 Å². The Morgan fingerprint density at radius 3 is 0.574 bits per heavy atom. The van der Waals surface area contributed by atoms with Crippen LogP contribution in [0.4, 0.5) is 0 Å². The van der Waals surface area contributed by atoms with Crippen LogP contribution >= 0.6 is 0 Å². The largest absolute Gasteiger partial charge is 0.503 e. The number of aromatic nitrogens is 4. The number of nitrogens with zero attached hydrogens (tertiary/aromatic N) is 12. The molecule has 0 unspecified atom stereocenters. The fraction of sp³-hybridized carbons (Fsp3) is 0.200. The topological polar surface area (TPSA) is 77.5 Å².